The summed E-state index contributed by atoms with van der Waals surface area (Å²) in [6.07, 6.45) is 10.9. The van der Waals surface area contributed by atoms with Crippen LogP contribution in [0.25, 0.3) is 0 Å². The lowest BCUT2D eigenvalue weighted by Crippen LogP contribution is -2.21. The third kappa shape index (κ3) is 22.5. The molecule has 0 aromatic rings. The van der Waals surface area contributed by atoms with Gasteiger partial charge in [-0.25, -0.2) is 0 Å². The molecule has 1 atom stereocenters. The van der Waals surface area contributed by atoms with Crippen molar-refractivity contribution in [2.75, 3.05) is 59.5 Å². The van der Waals surface area contributed by atoms with Crippen LogP contribution in [0.2, 0.25) is 0 Å². The molecule has 0 bridgehead atoms. The zero-order valence-corrected chi connectivity index (χ0v) is 21.5. The smallest absolute Gasteiger partial charge is 0.309 e. The van der Waals surface area contributed by atoms with Gasteiger partial charge >= 0.3 is 5.97 Å². The number of ether oxygens (including phenoxy) is 5. The molecule has 6 nitrogen and oxygen atoms in total. The number of esters is 1. The Morgan fingerprint density at radius 2 is 1.12 bits per heavy atom. The average molecular weight is 461 g/mol. The summed E-state index contributed by atoms with van der Waals surface area (Å²) in [6, 6.07) is 0. The molecular weight excluding hydrogens is 408 g/mol. The second-order valence-corrected chi connectivity index (χ2v) is 8.87. The van der Waals surface area contributed by atoms with Crippen molar-refractivity contribution in [2.45, 2.75) is 91.9 Å². The summed E-state index contributed by atoms with van der Waals surface area (Å²) in [7, 11) is 0. The third-order valence-corrected chi connectivity index (χ3v) is 5.16. The van der Waals surface area contributed by atoms with E-state index in [9.17, 15) is 4.79 Å². The van der Waals surface area contributed by atoms with Crippen LogP contribution >= 0.6 is 0 Å². The van der Waals surface area contributed by atoms with Crippen LogP contribution in [0.4, 0.5) is 0 Å². The number of carbonyl (C=O) groups excluding carboxylic acids is 1. The zero-order chi connectivity index (χ0) is 23.7. The second kappa shape index (κ2) is 24.9. The Balaban J connectivity index is 3.66. The van der Waals surface area contributed by atoms with Crippen molar-refractivity contribution in [3.8, 4) is 0 Å². The topological polar surface area (TPSA) is 63.2 Å². The van der Waals surface area contributed by atoms with E-state index in [1.807, 2.05) is 0 Å². The largest absolute Gasteiger partial charge is 0.465 e. The first-order chi connectivity index (χ1) is 15.6. The molecular formula is C26H52O6. The van der Waals surface area contributed by atoms with E-state index >= 15 is 0 Å². The monoisotopic (exact) mass is 460 g/mol. The van der Waals surface area contributed by atoms with E-state index in [4.69, 9.17) is 23.7 Å². The maximum absolute atomic E-state index is 12.4. The molecule has 0 saturated carbocycles. The Morgan fingerprint density at radius 1 is 0.594 bits per heavy atom. The number of unbranched alkanes of at least 4 members (excludes halogenated alkanes) is 6. The molecule has 0 aliphatic heterocycles. The minimum atomic E-state index is -0.0543. The fourth-order valence-electron chi connectivity index (χ4n) is 3.21. The number of hydrogen-bond acceptors (Lipinski definition) is 6. The molecule has 0 N–H and O–H groups in total. The van der Waals surface area contributed by atoms with Crippen LogP contribution in [-0.4, -0.2) is 65.4 Å². The highest BCUT2D eigenvalue weighted by molar-refractivity contribution is 5.72. The fraction of sp³-hybridized carbons (Fsp3) is 0.962. The molecule has 0 aromatic carbocycles. The summed E-state index contributed by atoms with van der Waals surface area (Å²) in [6.45, 7) is 13.9. The van der Waals surface area contributed by atoms with E-state index in [2.05, 4.69) is 27.7 Å². The predicted octanol–water partition coefficient (Wildman–Crippen LogP) is 5.81. The van der Waals surface area contributed by atoms with Gasteiger partial charge in [-0.15, -0.1) is 0 Å². The summed E-state index contributed by atoms with van der Waals surface area (Å²) in [5.41, 5.74) is 0. The van der Waals surface area contributed by atoms with Gasteiger partial charge in [0.2, 0.25) is 0 Å². The van der Waals surface area contributed by atoms with Crippen LogP contribution in [0.5, 0.6) is 0 Å². The molecule has 32 heavy (non-hydrogen) atoms. The molecule has 0 fully saturated rings. The maximum atomic E-state index is 12.4. The molecule has 0 aliphatic rings. The van der Waals surface area contributed by atoms with E-state index in [1.165, 1.54) is 25.7 Å². The molecule has 0 radical (unpaired) electrons. The van der Waals surface area contributed by atoms with Gasteiger partial charge in [-0.05, 0) is 25.2 Å². The number of carbonyl (C=O) groups is 1. The van der Waals surface area contributed by atoms with Crippen molar-refractivity contribution >= 4 is 5.97 Å². The summed E-state index contributed by atoms with van der Waals surface area (Å²) in [5, 5.41) is 0. The summed E-state index contributed by atoms with van der Waals surface area (Å²) in [4.78, 5) is 12.4. The minimum Gasteiger partial charge on any atom is -0.465 e. The van der Waals surface area contributed by atoms with Crippen LogP contribution in [0.3, 0.4) is 0 Å². The van der Waals surface area contributed by atoms with Crippen molar-refractivity contribution in [3.05, 3.63) is 0 Å². The van der Waals surface area contributed by atoms with Crippen LogP contribution in [-0.2, 0) is 28.5 Å². The lowest BCUT2D eigenvalue weighted by Gasteiger charge is -2.16. The first-order valence-corrected chi connectivity index (χ1v) is 13.1. The van der Waals surface area contributed by atoms with Gasteiger partial charge in [0, 0.05) is 13.2 Å². The molecule has 6 heteroatoms. The van der Waals surface area contributed by atoms with E-state index < -0.39 is 0 Å². The van der Waals surface area contributed by atoms with Gasteiger partial charge in [-0.1, -0.05) is 72.6 Å². The highest BCUT2D eigenvalue weighted by Crippen LogP contribution is 2.16. The molecule has 0 spiro atoms. The van der Waals surface area contributed by atoms with E-state index in [1.54, 1.807) is 0 Å². The van der Waals surface area contributed by atoms with Crippen LogP contribution in [0.1, 0.15) is 91.9 Å². The normalized spacial score (nSPS) is 12.4. The first-order valence-electron chi connectivity index (χ1n) is 13.1. The van der Waals surface area contributed by atoms with Gasteiger partial charge in [0.05, 0.1) is 52.2 Å². The van der Waals surface area contributed by atoms with Gasteiger partial charge in [0.25, 0.3) is 0 Å². The molecule has 0 aromatic heterocycles. The molecule has 192 valence electrons. The summed E-state index contributed by atoms with van der Waals surface area (Å²) >= 11 is 0. The van der Waals surface area contributed by atoms with Crippen LogP contribution < -0.4 is 0 Å². The van der Waals surface area contributed by atoms with Crippen LogP contribution in [0, 0.1) is 11.8 Å². The average Bonchev–Trinajstić information content (AvgIpc) is 2.77. The minimum absolute atomic E-state index is 0.0534. The Hall–Kier alpha value is -0.690. The third-order valence-electron chi connectivity index (χ3n) is 5.16. The Morgan fingerprint density at radius 3 is 1.72 bits per heavy atom. The number of hydrogen-bond donors (Lipinski definition) is 0. The van der Waals surface area contributed by atoms with Crippen LogP contribution in [0.15, 0.2) is 0 Å². The van der Waals surface area contributed by atoms with E-state index in [0.717, 1.165) is 45.1 Å². The van der Waals surface area contributed by atoms with Gasteiger partial charge in [0.1, 0.15) is 0 Å². The lowest BCUT2D eigenvalue weighted by molar-refractivity contribution is -0.149. The number of rotatable bonds is 25. The van der Waals surface area contributed by atoms with Gasteiger partial charge in [-0.2, -0.15) is 0 Å². The van der Waals surface area contributed by atoms with Gasteiger partial charge < -0.3 is 23.7 Å². The molecule has 0 heterocycles. The fourth-order valence-corrected chi connectivity index (χ4v) is 3.21. The first kappa shape index (κ1) is 31.3. The van der Waals surface area contributed by atoms with Crippen molar-refractivity contribution in [1.82, 2.24) is 0 Å². The highest BCUT2D eigenvalue weighted by Gasteiger charge is 2.19. The van der Waals surface area contributed by atoms with Crippen molar-refractivity contribution in [1.29, 1.82) is 0 Å². The summed E-state index contributed by atoms with van der Waals surface area (Å²) in [5.74, 6) is 0.444. The quantitative estimate of drug-likeness (QED) is 0.127. The van der Waals surface area contributed by atoms with Gasteiger partial charge in [-0.3, -0.25) is 4.79 Å². The second-order valence-electron chi connectivity index (χ2n) is 8.87. The zero-order valence-electron chi connectivity index (χ0n) is 21.5. The van der Waals surface area contributed by atoms with E-state index in [0.29, 0.717) is 58.8 Å². The predicted molar refractivity (Wildman–Crippen MR) is 130 cm³/mol. The molecule has 0 aliphatic carbocycles. The molecule has 1 unspecified atom stereocenters. The van der Waals surface area contributed by atoms with Crippen molar-refractivity contribution in [3.63, 3.8) is 0 Å². The molecule has 0 rings (SSSR count). The van der Waals surface area contributed by atoms with Crippen molar-refractivity contribution < 1.29 is 28.5 Å². The molecule has 0 saturated heterocycles. The lowest BCUT2D eigenvalue weighted by atomic mass is 9.99. The SMILES string of the molecule is CCCCCCCCOC(=O)C(CCCC)CCOCCOCCOCCOCC(C)C. The Bertz CT molecular complexity index is 389. The Labute approximate surface area is 198 Å². The van der Waals surface area contributed by atoms with Crippen molar-refractivity contribution in [2.24, 2.45) is 11.8 Å². The highest BCUT2D eigenvalue weighted by atomic mass is 16.6. The maximum Gasteiger partial charge on any atom is 0.309 e. The Kier molecular flexibility index (Phi) is 24.4. The standard InChI is InChI=1S/C26H52O6/c1-5-7-9-10-11-12-15-32-26(27)25(13-8-6-2)14-16-28-17-18-29-19-20-30-21-22-31-23-24(3)4/h24-25H,5-23H2,1-4H3. The van der Waals surface area contributed by atoms with Gasteiger partial charge in [0.15, 0.2) is 0 Å². The molecule has 0 amide bonds. The van der Waals surface area contributed by atoms with E-state index in [-0.39, 0.29) is 11.9 Å². The summed E-state index contributed by atoms with van der Waals surface area (Å²) < 4.78 is 27.6.